The van der Waals surface area contributed by atoms with E-state index in [1.807, 2.05) is 0 Å². The minimum absolute atomic E-state index is 0.0731. The summed E-state index contributed by atoms with van der Waals surface area (Å²) in [6, 6.07) is 0. The second-order valence-electron chi connectivity index (χ2n) is 3.50. The Kier molecular flexibility index (Phi) is 3.06. The van der Waals surface area contributed by atoms with Gasteiger partial charge in [0.2, 0.25) is 0 Å². The lowest BCUT2D eigenvalue weighted by molar-refractivity contribution is 0.0697. The number of nitrogens with zero attached hydrogens (tertiary/aromatic N) is 1. The molecule has 86 valence electrons. The lowest BCUT2D eigenvalue weighted by atomic mass is 9.96. The zero-order chi connectivity index (χ0) is 11.7. The van der Waals surface area contributed by atoms with Crippen LogP contribution in [0.2, 0.25) is 0 Å². The number of hydrogen-bond donors (Lipinski definition) is 1. The minimum atomic E-state index is -2.60. The Morgan fingerprint density at radius 2 is 2.00 bits per heavy atom. The summed E-state index contributed by atoms with van der Waals surface area (Å²) in [7, 11) is -2.60. The van der Waals surface area contributed by atoms with Crippen LogP contribution in [0.15, 0.2) is 4.36 Å². The van der Waals surface area contributed by atoms with Gasteiger partial charge in [0.05, 0.1) is 0 Å². The van der Waals surface area contributed by atoms with E-state index in [-0.39, 0.29) is 10.6 Å². The second kappa shape index (κ2) is 4.34. The van der Waals surface area contributed by atoms with Gasteiger partial charge in [-0.15, -0.1) is 15.7 Å². The van der Waals surface area contributed by atoms with Crippen LogP contribution in [0.4, 0.5) is 5.00 Å². The Morgan fingerprint density at radius 3 is 2.62 bits per heavy atom. The first kappa shape index (κ1) is 11.3. The number of aromatic carboxylic acids is 1. The van der Waals surface area contributed by atoms with Gasteiger partial charge in [-0.3, -0.25) is 0 Å². The predicted octanol–water partition coefficient (Wildman–Crippen LogP) is 2.02. The maximum absolute atomic E-state index is 11.1. The van der Waals surface area contributed by atoms with Crippen molar-refractivity contribution >= 4 is 32.8 Å². The average molecular weight is 259 g/mol. The molecule has 7 heteroatoms. The van der Waals surface area contributed by atoms with Gasteiger partial charge in [-0.2, -0.15) is 8.42 Å². The van der Waals surface area contributed by atoms with Gasteiger partial charge in [0, 0.05) is 4.88 Å². The van der Waals surface area contributed by atoms with Crippen LogP contribution < -0.4 is 0 Å². The number of carboxylic acid groups (broad SMARTS) is 1. The number of carbonyl (C=O) groups is 1. The third kappa shape index (κ3) is 2.00. The van der Waals surface area contributed by atoms with Gasteiger partial charge in [-0.1, -0.05) is 0 Å². The molecule has 0 bridgehead atoms. The molecule has 1 aliphatic carbocycles. The highest BCUT2D eigenvalue weighted by atomic mass is 32.2. The molecule has 0 fully saturated rings. The summed E-state index contributed by atoms with van der Waals surface area (Å²) in [5.74, 6) is -1.09. The van der Waals surface area contributed by atoms with Crippen molar-refractivity contribution in [2.45, 2.75) is 25.7 Å². The molecule has 1 N–H and O–H groups in total. The quantitative estimate of drug-likeness (QED) is 0.880. The first-order valence-corrected chi connectivity index (χ1v) is 6.63. The SMILES string of the molecule is O=C(O)c1c(N=S(=O)=O)sc2c1CCCC2. The van der Waals surface area contributed by atoms with Crippen molar-refractivity contribution in [2.75, 3.05) is 0 Å². The van der Waals surface area contributed by atoms with Gasteiger partial charge in [0.1, 0.15) is 10.6 Å². The normalized spacial score (nSPS) is 14.2. The molecule has 0 unspecified atom stereocenters. The molecule has 0 spiro atoms. The predicted molar refractivity (Wildman–Crippen MR) is 58.9 cm³/mol. The van der Waals surface area contributed by atoms with Gasteiger partial charge < -0.3 is 5.11 Å². The van der Waals surface area contributed by atoms with Crippen molar-refractivity contribution in [1.82, 2.24) is 0 Å². The fourth-order valence-corrected chi connectivity index (χ4v) is 3.58. The van der Waals surface area contributed by atoms with Crippen LogP contribution in [0, 0.1) is 0 Å². The Balaban J connectivity index is 2.65. The van der Waals surface area contributed by atoms with E-state index >= 15 is 0 Å². The largest absolute Gasteiger partial charge is 0.478 e. The Morgan fingerprint density at radius 1 is 1.31 bits per heavy atom. The van der Waals surface area contributed by atoms with Crippen molar-refractivity contribution in [3.63, 3.8) is 0 Å². The lowest BCUT2D eigenvalue weighted by Crippen LogP contribution is -2.05. The molecule has 1 aliphatic rings. The van der Waals surface area contributed by atoms with Crippen LogP contribution in [-0.4, -0.2) is 19.5 Å². The molecule has 0 amide bonds. The molecule has 0 saturated carbocycles. The topological polar surface area (TPSA) is 83.8 Å². The summed E-state index contributed by atoms with van der Waals surface area (Å²) in [6.45, 7) is 0. The summed E-state index contributed by atoms with van der Waals surface area (Å²) in [5, 5.41) is 9.17. The van der Waals surface area contributed by atoms with E-state index in [2.05, 4.69) is 4.36 Å². The van der Waals surface area contributed by atoms with E-state index in [0.717, 1.165) is 29.7 Å². The fourth-order valence-electron chi connectivity index (χ4n) is 1.90. The van der Waals surface area contributed by atoms with E-state index in [9.17, 15) is 13.2 Å². The second-order valence-corrected chi connectivity index (χ2v) is 5.21. The average Bonchev–Trinajstić information content (AvgIpc) is 2.53. The molecule has 0 aliphatic heterocycles. The molecule has 1 aromatic rings. The summed E-state index contributed by atoms with van der Waals surface area (Å²) in [6.07, 6.45) is 3.49. The highest BCUT2D eigenvalue weighted by Crippen LogP contribution is 2.39. The van der Waals surface area contributed by atoms with Crippen LogP contribution in [0.3, 0.4) is 0 Å². The molecule has 0 aromatic carbocycles. The zero-order valence-electron chi connectivity index (χ0n) is 8.26. The highest BCUT2D eigenvalue weighted by Gasteiger charge is 2.25. The molecule has 0 radical (unpaired) electrons. The maximum atomic E-state index is 11.1. The third-order valence-corrected chi connectivity index (χ3v) is 4.16. The van der Waals surface area contributed by atoms with Crippen molar-refractivity contribution in [3.8, 4) is 0 Å². The number of aryl methyl sites for hydroxylation is 1. The maximum Gasteiger partial charge on any atom is 0.339 e. The fraction of sp³-hybridized carbons (Fsp3) is 0.444. The molecule has 2 rings (SSSR count). The van der Waals surface area contributed by atoms with E-state index in [4.69, 9.17) is 5.11 Å². The standard InChI is InChI=1S/C9H9NO4S2/c11-9(12)7-5-3-1-2-4-6(5)15-8(7)10-16(13)14/h1-4H2,(H,11,12). The summed E-state index contributed by atoms with van der Waals surface area (Å²) in [4.78, 5) is 12.0. The van der Waals surface area contributed by atoms with Gasteiger partial charge in [-0.05, 0) is 31.2 Å². The van der Waals surface area contributed by atoms with Crippen molar-refractivity contribution in [1.29, 1.82) is 0 Å². The van der Waals surface area contributed by atoms with Gasteiger partial charge >= 0.3 is 16.5 Å². The first-order valence-electron chi connectivity index (χ1n) is 4.78. The number of hydrogen-bond acceptors (Lipinski definition) is 5. The van der Waals surface area contributed by atoms with Gasteiger partial charge in [-0.25, -0.2) is 4.79 Å². The Hall–Kier alpha value is -1.21. The van der Waals surface area contributed by atoms with E-state index in [1.165, 1.54) is 11.3 Å². The Labute approximate surface area is 97.4 Å². The Bertz CT molecular complexity index is 563. The highest BCUT2D eigenvalue weighted by molar-refractivity contribution is 7.62. The van der Waals surface area contributed by atoms with Gasteiger partial charge in [0.15, 0.2) is 0 Å². The number of thiophene rings is 1. The molecular formula is C9H9NO4S2. The minimum Gasteiger partial charge on any atom is -0.478 e. The lowest BCUT2D eigenvalue weighted by Gasteiger charge is -2.10. The molecule has 0 saturated heterocycles. The smallest absolute Gasteiger partial charge is 0.339 e. The van der Waals surface area contributed by atoms with E-state index in [1.54, 1.807) is 0 Å². The van der Waals surface area contributed by atoms with Crippen molar-refractivity contribution in [3.05, 3.63) is 16.0 Å². The van der Waals surface area contributed by atoms with Crippen LogP contribution in [0.25, 0.3) is 0 Å². The van der Waals surface area contributed by atoms with Crippen LogP contribution in [-0.2, 0) is 23.3 Å². The number of fused-ring (bicyclic) bond motifs is 1. The van der Waals surface area contributed by atoms with E-state index in [0.29, 0.717) is 6.42 Å². The summed E-state index contributed by atoms with van der Waals surface area (Å²) < 4.78 is 24.3. The zero-order valence-corrected chi connectivity index (χ0v) is 9.90. The molecule has 1 heterocycles. The third-order valence-electron chi connectivity index (χ3n) is 2.52. The van der Waals surface area contributed by atoms with Crippen LogP contribution in [0.5, 0.6) is 0 Å². The number of rotatable bonds is 2. The van der Waals surface area contributed by atoms with Crippen LogP contribution in [0.1, 0.15) is 33.6 Å². The monoisotopic (exact) mass is 259 g/mol. The van der Waals surface area contributed by atoms with Crippen molar-refractivity contribution in [2.24, 2.45) is 4.36 Å². The summed E-state index contributed by atoms with van der Waals surface area (Å²) >= 11 is 1.18. The van der Waals surface area contributed by atoms with Crippen LogP contribution >= 0.6 is 11.3 Å². The van der Waals surface area contributed by atoms with Crippen molar-refractivity contribution < 1.29 is 18.3 Å². The van der Waals surface area contributed by atoms with E-state index < -0.39 is 16.5 Å². The molecular weight excluding hydrogens is 250 g/mol. The molecule has 16 heavy (non-hydrogen) atoms. The molecule has 0 atom stereocenters. The molecule has 1 aromatic heterocycles. The molecule has 5 nitrogen and oxygen atoms in total. The first-order chi connectivity index (χ1) is 7.59. The van der Waals surface area contributed by atoms with Gasteiger partial charge in [0.25, 0.3) is 0 Å². The number of carboxylic acids is 1. The summed E-state index contributed by atoms with van der Waals surface area (Å²) in [5.41, 5.74) is 0.844.